The lowest BCUT2D eigenvalue weighted by Crippen LogP contribution is -2.07. The van der Waals surface area contributed by atoms with Crippen molar-refractivity contribution in [3.05, 3.63) is 218 Å². The molecular weight excluding hydrogens is 797 g/mol. The molecule has 13 rings (SSSR count). The van der Waals surface area contributed by atoms with Gasteiger partial charge in [0, 0.05) is 53.0 Å². The molecule has 0 fully saturated rings. The van der Waals surface area contributed by atoms with Gasteiger partial charge in [0.2, 0.25) is 5.95 Å². The molecule has 10 aromatic carbocycles. The lowest BCUT2D eigenvalue weighted by Gasteiger charge is -2.14. The summed E-state index contributed by atoms with van der Waals surface area (Å²) < 4.78 is 4.87. The zero-order valence-electron chi connectivity index (χ0n) is 34.5. The smallest absolute Gasteiger partial charge is 0.238 e. The Kier molecular flexibility index (Phi) is 8.36. The molecule has 0 amide bonds. The fourth-order valence-corrected chi connectivity index (χ4v) is 10.7. The fourth-order valence-electron chi connectivity index (χ4n) is 9.58. The Bertz CT molecular complexity index is 3830. The van der Waals surface area contributed by atoms with Gasteiger partial charge in [0.25, 0.3) is 0 Å². The standard InChI is InChI=1S/C59H36N4S/c1-3-12-37(13-4-1)39-22-26-43(27-23-39)57-60-58(44-28-24-40(25-29-44)38-14-5-2-6-15-38)62-59(61-57)63-55-47-19-10-8-17-42(47)30-33-50(55)49-21-11-20-48(56(49)63)45-32-34-52-51(36-45)54-46-18-9-7-16-41(46)31-35-53(54)64-52/h1-36H. The predicted molar refractivity (Wildman–Crippen MR) is 269 cm³/mol. The Morgan fingerprint density at radius 2 is 0.812 bits per heavy atom. The van der Waals surface area contributed by atoms with Gasteiger partial charge in [0.15, 0.2) is 11.6 Å². The molecule has 0 atom stereocenters. The molecule has 3 aromatic heterocycles. The number of para-hydroxylation sites is 1. The van der Waals surface area contributed by atoms with Crippen molar-refractivity contribution in [1.82, 2.24) is 19.5 Å². The first-order valence-corrected chi connectivity index (χ1v) is 22.4. The monoisotopic (exact) mass is 832 g/mol. The normalized spacial score (nSPS) is 11.8. The van der Waals surface area contributed by atoms with Gasteiger partial charge in [-0.2, -0.15) is 9.97 Å². The van der Waals surface area contributed by atoms with Crippen LogP contribution in [0.3, 0.4) is 0 Å². The quantitative estimate of drug-likeness (QED) is 0.168. The van der Waals surface area contributed by atoms with Crippen LogP contribution in [0.5, 0.6) is 0 Å². The molecule has 0 radical (unpaired) electrons. The average Bonchev–Trinajstić information content (AvgIpc) is 3.93. The highest BCUT2D eigenvalue weighted by Crippen LogP contribution is 2.44. The van der Waals surface area contributed by atoms with Crippen LogP contribution in [0.2, 0.25) is 0 Å². The van der Waals surface area contributed by atoms with E-state index < -0.39 is 0 Å². The van der Waals surface area contributed by atoms with Crippen molar-refractivity contribution >= 4 is 74.9 Å². The van der Waals surface area contributed by atoms with Gasteiger partial charge in [-0.15, -0.1) is 11.3 Å². The van der Waals surface area contributed by atoms with Crippen molar-refractivity contribution in [3.8, 4) is 62.1 Å². The van der Waals surface area contributed by atoms with Gasteiger partial charge >= 0.3 is 0 Å². The highest BCUT2D eigenvalue weighted by molar-refractivity contribution is 7.26. The second-order valence-electron chi connectivity index (χ2n) is 16.4. The minimum absolute atomic E-state index is 0.566. The molecule has 298 valence electrons. The van der Waals surface area contributed by atoms with E-state index in [4.69, 9.17) is 15.0 Å². The van der Waals surface area contributed by atoms with Crippen LogP contribution in [0.25, 0.3) is 126 Å². The van der Waals surface area contributed by atoms with E-state index in [1.165, 1.54) is 30.9 Å². The molecule has 0 aliphatic rings. The van der Waals surface area contributed by atoms with Crippen LogP contribution in [0.15, 0.2) is 218 Å². The van der Waals surface area contributed by atoms with Crippen LogP contribution < -0.4 is 0 Å². The molecule has 4 nitrogen and oxygen atoms in total. The second kappa shape index (κ2) is 14.7. The van der Waals surface area contributed by atoms with Gasteiger partial charge in [-0.25, -0.2) is 4.98 Å². The first-order chi connectivity index (χ1) is 31.7. The molecule has 0 unspecified atom stereocenters. The SMILES string of the molecule is c1ccc(-c2ccc(-c3nc(-c4ccc(-c5ccccc5)cc4)nc(-n4c5c(-c6ccc7sc8ccc9ccccc9c8c7c6)cccc5c5ccc6ccccc6c54)n3)cc2)cc1. The fraction of sp³-hybridized carbons (Fsp3) is 0. The third kappa shape index (κ3) is 5.93. The van der Waals surface area contributed by atoms with Gasteiger partial charge in [-0.3, -0.25) is 4.57 Å². The average molecular weight is 833 g/mol. The summed E-state index contributed by atoms with van der Waals surface area (Å²) in [7, 11) is 0. The topological polar surface area (TPSA) is 43.6 Å². The van der Waals surface area contributed by atoms with Crippen molar-refractivity contribution in [3.63, 3.8) is 0 Å². The van der Waals surface area contributed by atoms with Gasteiger partial charge in [-0.1, -0.05) is 200 Å². The van der Waals surface area contributed by atoms with Gasteiger partial charge in [-0.05, 0) is 62.2 Å². The van der Waals surface area contributed by atoms with E-state index in [1.807, 2.05) is 23.5 Å². The maximum atomic E-state index is 5.44. The molecule has 64 heavy (non-hydrogen) atoms. The summed E-state index contributed by atoms with van der Waals surface area (Å²) in [6.45, 7) is 0. The predicted octanol–water partition coefficient (Wildman–Crippen LogP) is 16.0. The summed E-state index contributed by atoms with van der Waals surface area (Å²) >= 11 is 1.86. The Labute approximate surface area is 373 Å². The third-order valence-corrected chi connectivity index (χ3v) is 13.8. The number of thiophene rings is 1. The van der Waals surface area contributed by atoms with E-state index in [0.717, 1.165) is 77.1 Å². The molecule has 3 heterocycles. The van der Waals surface area contributed by atoms with Crippen LogP contribution in [-0.2, 0) is 0 Å². The zero-order chi connectivity index (χ0) is 42.1. The van der Waals surface area contributed by atoms with E-state index in [-0.39, 0.29) is 0 Å². The summed E-state index contributed by atoms with van der Waals surface area (Å²) in [6, 6.07) is 78.1. The number of nitrogens with zero attached hydrogens (tertiary/aromatic N) is 4. The van der Waals surface area contributed by atoms with Gasteiger partial charge in [0.1, 0.15) is 0 Å². The van der Waals surface area contributed by atoms with Crippen molar-refractivity contribution < 1.29 is 0 Å². The molecule has 0 spiro atoms. The Morgan fingerprint density at radius 3 is 1.48 bits per heavy atom. The maximum Gasteiger partial charge on any atom is 0.238 e. The molecule has 5 heteroatoms. The van der Waals surface area contributed by atoms with E-state index in [9.17, 15) is 0 Å². The Balaban J connectivity index is 1.08. The number of hydrogen-bond acceptors (Lipinski definition) is 4. The maximum absolute atomic E-state index is 5.44. The van der Waals surface area contributed by atoms with Crippen molar-refractivity contribution in [2.45, 2.75) is 0 Å². The van der Waals surface area contributed by atoms with Crippen LogP contribution in [0.1, 0.15) is 0 Å². The van der Waals surface area contributed by atoms with Crippen LogP contribution >= 0.6 is 11.3 Å². The largest absolute Gasteiger partial charge is 0.277 e. The number of fused-ring (bicyclic) bond motifs is 10. The summed E-state index contributed by atoms with van der Waals surface area (Å²) in [5, 5.41) is 9.68. The molecule has 0 aliphatic heterocycles. The van der Waals surface area contributed by atoms with Crippen LogP contribution in [0, 0.1) is 0 Å². The summed E-state index contributed by atoms with van der Waals surface area (Å²) in [5.74, 6) is 1.78. The number of aromatic nitrogens is 4. The lowest BCUT2D eigenvalue weighted by atomic mass is 9.98. The van der Waals surface area contributed by atoms with Crippen molar-refractivity contribution in [1.29, 1.82) is 0 Å². The Morgan fingerprint density at radius 1 is 0.312 bits per heavy atom. The molecule has 0 saturated heterocycles. The number of benzene rings is 10. The van der Waals surface area contributed by atoms with E-state index in [1.54, 1.807) is 0 Å². The summed E-state index contributed by atoms with van der Waals surface area (Å²) in [5.41, 5.74) is 10.8. The highest BCUT2D eigenvalue weighted by Gasteiger charge is 2.23. The van der Waals surface area contributed by atoms with Gasteiger partial charge in [0.05, 0.1) is 11.0 Å². The van der Waals surface area contributed by atoms with Gasteiger partial charge < -0.3 is 0 Å². The third-order valence-electron chi connectivity index (χ3n) is 12.7. The van der Waals surface area contributed by atoms with E-state index in [2.05, 4.69) is 211 Å². The second-order valence-corrected chi connectivity index (χ2v) is 17.4. The number of rotatable bonds is 6. The minimum atomic E-state index is 0.566. The van der Waals surface area contributed by atoms with Crippen molar-refractivity contribution in [2.75, 3.05) is 0 Å². The molecular formula is C59H36N4S. The first kappa shape index (κ1) is 36.4. The summed E-state index contributed by atoms with van der Waals surface area (Å²) in [4.78, 5) is 16.1. The van der Waals surface area contributed by atoms with E-state index in [0.29, 0.717) is 17.6 Å². The Hall–Kier alpha value is -8.25. The first-order valence-electron chi connectivity index (χ1n) is 21.6. The summed E-state index contributed by atoms with van der Waals surface area (Å²) in [6.07, 6.45) is 0. The molecule has 0 saturated carbocycles. The van der Waals surface area contributed by atoms with Crippen LogP contribution in [0.4, 0.5) is 0 Å². The molecule has 0 bridgehead atoms. The van der Waals surface area contributed by atoms with E-state index >= 15 is 0 Å². The molecule has 0 N–H and O–H groups in total. The van der Waals surface area contributed by atoms with Crippen LogP contribution in [-0.4, -0.2) is 19.5 Å². The lowest BCUT2D eigenvalue weighted by molar-refractivity contribution is 0.955. The number of hydrogen-bond donors (Lipinski definition) is 0. The zero-order valence-corrected chi connectivity index (χ0v) is 35.3. The van der Waals surface area contributed by atoms with Crippen molar-refractivity contribution in [2.24, 2.45) is 0 Å². The minimum Gasteiger partial charge on any atom is -0.277 e. The molecule has 0 aliphatic carbocycles. The molecule has 13 aromatic rings. The highest BCUT2D eigenvalue weighted by atomic mass is 32.1.